The Labute approximate surface area is 120 Å². The van der Waals surface area contributed by atoms with Gasteiger partial charge in [0.15, 0.2) is 0 Å². The predicted molar refractivity (Wildman–Crippen MR) is 80.0 cm³/mol. The summed E-state index contributed by atoms with van der Waals surface area (Å²) in [5, 5.41) is 0. The smallest absolute Gasteiger partial charge is 0.253 e. The Kier molecular flexibility index (Phi) is 4.84. The zero-order chi connectivity index (χ0) is 14.5. The van der Waals surface area contributed by atoms with Gasteiger partial charge in [0.05, 0.1) is 12.3 Å². The molecular formula is C15H23N3O2. The molecule has 5 nitrogen and oxygen atoms in total. The third-order valence-electron chi connectivity index (χ3n) is 3.56. The van der Waals surface area contributed by atoms with Crippen molar-refractivity contribution in [1.29, 1.82) is 0 Å². The Balaban J connectivity index is 2.10. The largest absolute Gasteiger partial charge is 0.492 e. The number of ether oxygens (including phenoxy) is 1. The van der Waals surface area contributed by atoms with E-state index in [1.165, 1.54) is 0 Å². The molecule has 2 N–H and O–H groups in total. The molecule has 1 aromatic rings. The molecule has 110 valence electrons. The lowest BCUT2D eigenvalue weighted by atomic mass is 10.1. The second kappa shape index (κ2) is 6.61. The van der Waals surface area contributed by atoms with Gasteiger partial charge in [-0.2, -0.15) is 0 Å². The molecule has 1 aliphatic heterocycles. The summed E-state index contributed by atoms with van der Waals surface area (Å²) in [5.74, 6) is 0.690. The molecule has 0 spiro atoms. The number of likely N-dealkylation sites (N-methyl/N-ethyl adjacent to an activating group) is 1. The van der Waals surface area contributed by atoms with Crippen LogP contribution in [-0.2, 0) is 0 Å². The molecule has 2 rings (SSSR count). The maximum absolute atomic E-state index is 12.5. The minimum Gasteiger partial charge on any atom is -0.492 e. The molecule has 1 amide bonds. The second-order valence-electron chi connectivity index (χ2n) is 5.13. The highest BCUT2D eigenvalue weighted by atomic mass is 16.5. The van der Waals surface area contributed by atoms with Crippen molar-refractivity contribution in [2.75, 3.05) is 45.6 Å². The molecule has 1 aliphatic rings. The van der Waals surface area contributed by atoms with Crippen LogP contribution in [0, 0.1) is 0 Å². The summed E-state index contributed by atoms with van der Waals surface area (Å²) < 4.78 is 5.39. The van der Waals surface area contributed by atoms with Crippen molar-refractivity contribution in [2.24, 2.45) is 0 Å². The minimum atomic E-state index is 0.0510. The van der Waals surface area contributed by atoms with Crippen molar-refractivity contribution < 1.29 is 9.53 Å². The van der Waals surface area contributed by atoms with Crippen LogP contribution in [0.5, 0.6) is 5.75 Å². The number of nitrogens with zero attached hydrogens (tertiary/aromatic N) is 2. The number of hydrogen-bond acceptors (Lipinski definition) is 4. The number of hydrogen-bond donors (Lipinski definition) is 1. The highest BCUT2D eigenvalue weighted by Crippen LogP contribution is 2.23. The van der Waals surface area contributed by atoms with E-state index in [4.69, 9.17) is 10.5 Å². The summed E-state index contributed by atoms with van der Waals surface area (Å²) in [5.41, 5.74) is 7.08. The van der Waals surface area contributed by atoms with Gasteiger partial charge in [-0.3, -0.25) is 4.79 Å². The van der Waals surface area contributed by atoms with Gasteiger partial charge in [0.2, 0.25) is 0 Å². The number of nitrogen functional groups attached to an aromatic ring is 1. The molecule has 0 bridgehead atoms. The molecule has 0 aromatic heterocycles. The van der Waals surface area contributed by atoms with Gasteiger partial charge in [0.25, 0.3) is 5.91 Å². The van der Waals surface area contributed by atoms with Gasteiger partial charge in [-0.25, -0.2) is 0 Å². The first-order valence-electron chi connectivity index (χ1n) is 7.12. The first-order chi connectivity index (χ1) is 9.61. The lowest BCUT2D eigenvalue weighted by Crippen LogP contribution is -2.34. The van der Waals surface area contributed by atoms with Crippen LogP contribution >= 0.6 is 0 Å². The normalized spacial score (nSPS) is 16.8. The average Bonchev–Trinajstić information content (AvgIpc) is 2.65. The van der Waals surface area contributed by atoms with Crippen LogP contribution in [0.2, 0.25) is 0 Å². The number of carbonyl (C=O) groups excluding carboxylic acids is 1. The van der Waals surface area contributed by atoms with Crippen molar-refractivity contribution in [3.8, 4) is 5.75 Å². The summed E-state index contributed by atoms with van der Waals surface area (Å²) in [7, 11) is 2.09. The van der Waals surface area contributed by atoms with Gasteiger partial charge in [-0.05, 0) is 45.1 Å². The monoisotopic (exact) mass is 277 g/mol. The molecule has 0 unspecified atom stereocenters. The SMILES string of the molecule is CCOc1ccc(C(=O)N2CCCN(C)CC2)cc1N. The molecule has 20 heavy (non-hydrogen) atoms. The maximum Gasteiger partial charge on any atom is 0.253 e. The standard InChI is InChI=1S/C15H23N3O2/c1-3-20-14-6-5-12(11-13(14)16)15(19)18-8-4-7-17(2)9-10-18/h5-6,11H,3-4,7-10,16H2,1-2H3. The van der Waals surface area contributed by atoms with Crippen LogP contribution in [0.15, 0.2) is 18.2 Å². The fraction of sp³-hybridized carbons (Fsp3) is 0.533. The molecular weight excluding hydrogens is 254 g/mol. The fourth-order valence-corrected chi connectivity index (χ4v) is 2.40. The average molecular weight is 277 g/mol. The van der Waals surface area contributed by atoms with Crippen LogP contribution in [0.3, 0.4) is 0 Å². The first kappa shape index (κ1) is 14.7. The van der Waals surface area contributed by atoms with E-state index in [1.54, 1.807) is 18.2 Å². The summed E-state index contributed by atoms with van der Waals surface area (Å²) in [6.07, 6.45) is 1.01. The maximum atomic E-state index is 12.5. The van der Waals surface area contributed by atoms with Crippen molar-refractivity contribution in [3.63, 3.8) is 0 Å². The molecule has 1 heterocycles. The van der Waals surface area contributed by atoms with E-state index in [-0.39, 0.29) is 5.91 Å². The fourth-order valence-electron chi connectivity index (χ4n) is 2.40. The van der Waals surface area contributed by atoms with E-state index < -0.39 is 0 Å². The highest BCUT2D eigenvalue weighted by molar-refractivity contribution is 5.95. The molecule has 0 aliphatic carbocycles. The Morgan fingerprint density at radius 1 is 1.30 bits per heavy atom. The van der Waals surface area contributed by atoms with Gasteiger partial charge in [-0.15, -0.1) is 0 Å². The quantitative estimate of drug-likeness (QED) is 0.850. The number of benzene rings is 1. The van der Waals surface area contributed by atoms with Crippen molar-refractivity contribution in [2.45, 2.75) is 13.3 Å². The van der Waals surface area contributed by atoms with Crippen molar-refractivity contribution >= 4 is 11.6 Å². The Hall–Kier alpha value is -1.75. The topological polar surface area (TPSA) is 58.8 Å². The molecule has 5 heteroatoms. The number of carbonyl (C=O) groups is 1. The van der Waals surface area contributed by atoms with Crippen molar-refractivity contribution in [1.82, 2.24) is 9.80 Å². The first-order valence-corrected chi connectivity index (χ1v) is 7.12. The lowest BCUT2D eigenvalue weighted by Gasteiger charge is -2.21. The second-order valence-corrected chi connectivity index (χ2v) is 5.13. The summed E-state index contributed by atoms with van der Waals surface area (Å²) >= 11 is 0. The molecule has 0 radical (unpaired) electrons. The molecule has 1 saturated heterocycles. The van der Waals surface area contributed by atoms with E-state index in [0.29, 0.717) is 23.6 Å². The van der Waals surface area contributed by atoms with Crippen LogP contribution in [0.1, 0.15) is 23.7 Å². The van der Waals surface area contributed by atoms with Gasteiger partial charge in [-0.1, -0.05) is 0 Å². The van der Waals surface area contributed by atoms with Crippen LogP contribution in [-0.4, -0.2) is 55.5 Å². The number of nitrogens with two attached hydrogens (primary N) is 1. The third-order valence-corrected chi connectivity index (χ3v) is 3.56. The number of rotatable bonds is 3. The van der Waals surface area contributed by atoms with Gasteiger partial charge >= 0.3 is 0 Å². The van der Waals surface area contributed by atoms with E-state index >= 15 is 0 Å². The van der Waals surface area contributed by atoms with Crippen LogP contribution in [0.25, 0.3) is 0 Å². The van der Waals surface area contributed by atoms with E-state index in [1.807, 2.05) is 11.8 Å². The molecule has 0 saturated carbocycles. The van der Waals surface area contributed by atoms with Gasteiger partial charge in [0, 0.05) is 25.2 Å². The van der Waals surface area contributed by atoms with Gasteiger partial charge < -0.3 is 20.3 Å². The molecule has 0 atom stereocenters. The Bertz CT molecular complexity index is 476. The predicted octanol–water partition coefficient (Wildman–Crippen LogP) is 1.45. The molecule has 1 fully saturated rings. The number of amides is 1. The minimum absolute atomic E-state index is 0.0510. The lowest BCUT2D eigenvalue weighted by molar-refractivity contribution is 0.0763. The van der Waals surface area contributed by atoms with E-state index in [0.717, 1.165) is 32.6 Å². The zero-order valence-electron chi connectivity index (χ0n) is 12.3. The zero-order valence-corrected chi connectivity index (χ0v) is 12.3. The van der Waals surface area contributed by atoms with Crippen molar-refractivity contribution in [3.05, 3.63) is 23.8 Å². The third kappa shape index (κ3) is 3.42. The highest BCUT2D eigenvalue weighted by Gasteiger charge is 2.19. The summed E-state index contributed by atoms with van der Waals surface area (Å²) in [6, 6.07) is 5.27. The Morgan fingerprint density at radius 3 is 2.80 bits per heavy atom. The Morgan fingerprint density at radius 2 is 2.10 bits per heavy atom. The number of anilines is 1. The summed E-state index contributed by atoms with van der Waals surface area (Å²) in [4.78, 5) is 16.6. The summed E-state index contributed by atoms with van der Waals surface area (Å²) in [6.45, 7) is 5.99. The van der Waals surface area contributed by atoms with Crippen LogP contribution in [0.4, 0.5) is 5.69 Å². The molecule has 1 aromatic carbocycles. The van der Waals surface area contributed by atoms with E-state index in [9.17, 15) is 4.79 Å². The van der Waals surface area contributed by atoms with Gasteiger partial charge in [0.1, 0.15) is 5.75 Å². The van der Waals surface area contributed by atoms with Crippen LogP contribution < -0.4 is 10.5 Å². The van der Waals surface area contributed by atoms with E-state index in [2.05, 4.69) is 11.9 Å².